The number of para-hydroxylation sites is 1. The molecule has 0 radical (unpaired) electrons. The first kappa shape index (κ1) is 14.9. The molecule has 0 bridgehead atoms. The average molecular weight is 345 g/mol. The highest BCUT2D eigenvalue weighted by atomic mass is 32.1. The molecule has 1 aliphatic carbocycles. The molecule has 1 saturated carbocycles. The summed E-state index contributed by atoms with van der Waals surface area (Å²) < 4.78 is 0. The van der Waals surface area contributed by atoms with Gasteiger partial charge < -0.3 is 0 Å². The SMILES string of the molecule is O=C(C1CCC1)N1c2ccccc2-c2ccccc2C1c1cccs1. The molecule has 1 fully saturated rings. The molecule has 2 heterocycles. The summed E-state index contributed by atoms with van der Waals surface area (Å²) in [5.74, 6) is 0.465. The van der Waals surface area contributed by atoms with Gasteiger partial charge in [0.2, 0.25) is 5.91 Å². The fourth-order valence-corrected chi connectivity index (χ4v) is 4.83. The molecule has 1 amide bonds. The van der Waals surface area contributed by atoms with Gasteiger partial charge in [0.25, 0.3) is 0 Å². The standard InChI is InChI=1S/C22H19NOS/c24-22(15-7-5-8-15)23-19-12-4-3-10-17(19)16-9-1-2-11-18(16)21(23)20-13-6-14-25-20/h1-4,6,9-15,21H,5,7-8H2. The van der Waals surface area contributed by atoms with Crippen LogP contribution >= 0.6 is 11.3 Å². The molecule has 0 N–H and O–H groups in total. The number of fused-ring (bicyclic) bond motifs is 3. The quantitative estimate of drug-likeness (QED) is 0.587. The minimum Gasteiger partial charge on any atom is -0.299 e. The van der Waals surface area contributed by atoms with Gasteiger partial charge in [0.15, 0.2) is 0 Å². The Kier molecular flexibility index (Phi) is 3.49. The zero-order chi connectivity index (χ0) is 16.8. The second-order valence-electron chi connectivity index (χ2n) is 6.86. The van der Waals surface area contributed by atoms with E-state index in [2.05, 4.69) is 64.9 Å². The van der Waals surface area contributed by atoms with E-state index in [9.17, 15) is 4.79 Å². The molecule has 2 nitrogen and oxygen atoms in total. The van der Waals surface area contributed by atoms with Crippen molar-refractivity contribution in [2.45, 2.75) is 25.3 Å². The molecular formula is C22H19NOS. The predicted molar refractivity (Wildman–Crippen MR) is 103 cm³/mol. The molecule has 2 aliphatic rings. The fraction of sp³-hybridized carbons (Fsp3) is 0.227. The molecule has 3 aromatic rings. The highest BCUT2D eigenvalue weighted by molar-refractivity contribution is 7.10. The third kappa shape index (κ3) is 2.26. The maximum Gasteiger partial charge on any atom is 0.230 e. The van der Waals surface area contributed by atoms with Gasteiger partial charge in [-0.15, -0.1) is 11.3 Å². The molecule has 1 aliphatic heterocycles. The van der Waals surface area contributed by atoms with Crippen LogP contribution in [0.2, 0.25) is 0 Å². The number of nitrogens with zero attached hydrogens (tertiary/aromatic N) is 1. The molecule has 1 atom stereocenters. The van der Waals surface area contributed by atoms with Crippen LogP contribution in [-0.2, 0) is 4.79 Å². The van der Waals surface area contributed by atoms with Crippen molar-refractivity contribution in [1.82, 2.24) is 0 Å². The number of benzene rings is 2. The largest absolute Gasteiger partial charge is 0.299 e. The Morgan fingerprint density at radius 2 is 1.68 bits per heavy atom. The van der Waals surface area contributed by atoms with Crippen LogP contribution in [0.3, 0.4) is 0 Å². The van der Waals surface area contributed by atoms with Gasteiger partial charge >= 0.3 is 0 Å². The molecule has 25 heavy (non-hydrogen) atoms. The molecule has 2 aromatic carbocycles. The Labute approximate surface area is 151 Å². The van der Waals surface area contributed by atoms with Crippen LogP contribution in [0.15, 0.2) is 66.0 Å². The van der Waals surface area contributed by atoms with Gasteiger partial charge in [0.05, 0.1) is 11.7 Å². The zero-order valence-electron chi connectivity index (χ0n) is 13.9. The second-order valence-corrected chi connectivity index (χ2v) is 7.84. The lowest BCUT2D eigenvalue weighted by molar-refractivity contribution is -0.125. The Hall–Kier alpha value is -2.39. The number of anilines is 1. The second kappa shape index (κ2) is 5.85. The maximum atomic E-state index is 13.4. The number of amides is 1. The molecule has 5 rings (SSSR count). The van der Waals surface area contributed by atoms with Crippen molar-refractivity contribution in [2.24, 2.45) is 5.92 Å². The van der Waals surface area contributed by atoms with Crippen LogP contribution in [0.1, 0.15) is 35.7 Å². The van der Waals surface area contributed by atoms with Crippen LogP contribution in [0.25, 0.3) is 11.1 Å². The molecular weight excluding hydrogens is 326 g/mol. The smallest absolute Gasteiger partial charge is 0.230 e. The number of carbonyl (C=O) groups excluding carboxylic acids is 1. The van der Waals surface area contributed by atoms with Crippen molar-refractivity contribution < 1.29 is 4.79 Å². The first-order valence-electron chi connectivity index (χ1n) is 8.89. The maximum absolute atomic E-state index is 13.4. The molecule has 1 unspecified atom stereocenters. The van der Waals surface area contributed by atoms with E-state index in [0.717, 1.165) is 18.5 Å². The number of hydrogen-bond donors (Lipinski definition) is 0. The number of carbonyl (C=O) groups is 1. The van der Waals surface area contributed by atoms with E-state index < -0.39 is 0 Å². The minimum absolute atomic E-state index is 0.0146. The van der Waals surface area contributed by atoms with E-state index in [0.29, 0.717) is 0 Å². The normalized spacial score (nSPS) is 19.0. The van der Waals surface area contributed by atoms with Gasteiger partial charge in [-0.05, 0) is 41.5 Å². The first-order chi connectivity index (χ1) is 12.3. The molecule has 124 valence electrons. The number of rotatable bonds is 2. The Morgan fingerprint density at radius 3 is 2.40 bits per heavy atom. The van der Waals surface area contributed by atoms with Gasteiger partial charge in [0.1, 0.15) is 0 Å². The van der Waals surface area contributed by atoms with Gasteiger partial charge in [-0.2, -0.15) is 0 Å². The third-order valence-electron chi connectivity index (χ3n) is 5.47. The van der Waals surface area contributed by atoms with E-state index in [1.54, 1.807) is 11.3 Å². The molecule has 0 spiro atoms. The lowest BCUT2D eigenvalue weighted by Crippen LogP contribution is -2.43. The van der Waals surface area contributed by atoms with Crippen molar-refractivity contribution in [2.75, 3.05) is 4.90 Å². The summed E-state index contributed by atoms with van der Waals surface area (Å²) in [5.41, 5.74) is 4.69. The van der Waals surface area contributed by atoms with Crippen molar-refractivity contribution in [3.63, 3.8) is 0 Å². The lowest BCUT2D eigenvalue weighted by Gasteiger charge is -2.41. The summed E-state index contributed by atoms with van der Waals surface area (Å²) in [7, 11) is 0. The summed E-state index contributed by atoms with van der Waals surface area (Å²) in [6, 6.07) is 21.1. The molecule has 1 aromatic heterocycles. The topological polar surface area (TPSA) is 20.3 Å². The summed E-state index contributed by atoms with van der Waals surface area (Å²) in [5, 5.41) is 2.10. The van der Waals surface area contributed by atoms with E-state index in [1.165, 1.54) is 28.0 Å². The van der Waals surface area contributed by atoms with E-state index in [-0.39, 0.29) is 17.9 Å². The number of thiophene rings is 1. The van der Waals surface area contributed by atoms with Crippen LogP contribution < -0.4 is 4.90 Å². The van der Waals surface area contributed by atoms with E-state index in [4.69, 9.17) is 0 Å². The molecule has 0 saturated heterocycles. The third-order valence-corrected chi connectivity index (χ3v) is 6.40. The van der Waals surface area contributed by atoms with Crippen LogP contribution in [-0.4, -0.2) is 5.91 Å². The Bertz CT molecular complexity index is 927. The lowest BCUT2D eigenvalue weighted by atomic mass is 9.81. The zero-order valence-corrected chi connectivity index (χ0v) is 14.7. The van der Waals surface area contributed by atoms with Gasteiger partial charge in [0, 0.05) is 16.4 Å². The Morgan fingerprint density at radius 1 is 0.920 bits per heavy atom. The van der Waals surface area contributed by atoms with Gasteiger partial charge in [-0.3, -0.25) is 9.69 Å². The summed E-state index contributed by atoms with van der Waals surface area (Å²) in [6.45, 7) is 0. The Balaban J connectivity index is 1.75. The predicted octanol–water partition coefficient (Wildman–Crippen LogP) is 5.65. The fourth-order valence-electron chi connectivity index (χ4n) is 4.00. The van der Waals surface area contributed by atoms with E-state index in [1.807, 2.05) is 6.07 Å². The van der Waals surface area contributed by atoms with Gasteiger partial charge in [-0.1, -0.05) is 55.0 Å². The van der Waals surface area contributed by atoms with Crippen LogP contribution in [0.5, 0.6) is 0 Å². The highest BCUT2D eigenvalue weighted by Crippen LogP contribution is 2.49. The van der Waals surface area contributed by atoms with E-state index >= 15 is 0 Å². The average Bonchev–Trinajstić information content (AvgIpc) is 3.13. The summed E-state index contributed by atoms with van der Waals surface area (Å²) in [4.78, 5) is 16.7. The highest BCUT2D eigenvalue weighted by Gasteiger charge is 2.40. The van der Waals surface area contributed by atoms with Crippen molar-refractivity contribution in [3.8, 4) is 11.1 Å². The van der Waals surface area contributed by atoms with Crippen LogP contribution in [0.4, 0.5) is 5.69 Å². The van der Waals surface area contributed by atoms with Crippen molar-refractivity contribution in [1.29, 1.82) is 0 Å². The van der Waals surface area contributed by atoms with Crippen molar-refractivity contribution in [3.05, 3.63) is 76.5 Å². The monoisotopic (exact) mass is 345 g/mol. The number of hydrogen-bond acceptors (Lipinski definition) is 2. The molecule has 3 heteroatoms. The minimum atomic E-state index is -0.0146. The van der Waals surface area contributed by atoms with Crippen molar-refractivity contribution >= 4 is 22.9 Å². The first-order valence-corrected chi connectivity index (χ1v) is 9.77. The summed E-state index contributed by atoms with van der Waals surface area (Å²) in [6.07, 6.45) is 3.22. The van der Waals surface area contributed by atoms with Gasteiger partial charge in [-0.25, -0.2) is 0 Å². The summed E-state index contributed by atoms with van der Waals surface area (Å²) >= 11 is 1.73. The van der Waals surface area contributed by atoms with Crippen LogP contribution in [0, 0.1) is 5.92 Å².